The third-order valence-electron chi connectivity index (χ3n) is 5.47. The molecule has 0 bridgehead atoms. The number of carbonyl (C=O) groups excluding carboxylic acids is 2. The molecule has 170 valence electrons. The Balaban J connectivity index is 1.93. The van der Waals surface area contributed by atoms with Gasteiger partial charge in [0, 0.05) is 19.1 Å². The van der Waals surface area contributed by atoms with Crippen LogP contribution in [-0.2, 0) is 20.9 Å². The number of benzene rings is 2. The fourth-order valence-electron chi connectivity index (χ4n) is 3.68. The van der Waals surface area contributed by atoms with Crippen LogP contribution in [0.15, 0.2) is 59.9 Å². The van der Waals surface area contributed by atoms with Crippen molar-refractivity contribution in [1.29, 1.82) is 0 Å². The van der Waals surface area contributed by atoms with Gasteiger partial charge in [-0.25, -0.2) is 0 Å². The van der Waals surface area contributed by atoms with E-state index in [1.165, 1.54) is 10.5 Å². The van der Waals surface area contributed by atoms with Crippen molar-refractivity contribution < 1.29 is 24.2 Å². The number of amides is 1. The number of nitrogens with zero attached hydrogens (tertiary/aromatic N) is 1. The maximum Gasteiger partial charge on any atom is 0.290 e. The quantitative estimate of drug-likeness (QED) is 0.657. The Bertz CT molecular complexity index is 1020. The van der Waals surface area contributed by atoms with Crippen molar-refractivity contribution >= 4 is 11.7 Å². The molecule has 1 unspecified atom stereocenters. The highest BCUT2D eigenvalue weighted by molar-refractivity contribution is 6.10. The molecule has 3 rings (SSSR count). The van der Waals surface area contributed by atoms with Crippen LogP contribution in [0.1, 0.15) is 43.5 Å². The first-order valence-corrected chi connectivity index (χ1v) is 10.7. The van der Waals surface area contributed by atoms with E-state index in [1.807, 2.05) is 55.5 Å². The zero-order valence-electron chi connectivity index (χ0n) is 19.3. The smallest absolute Gasteiger partial charge is 0.290 e. The molecule has 1 atom stereocenters. The van der Waals surface area contributed by atoms with Crippen LogP contribution in [0.4, 0.5) is 0 Å². The van der Waals surface area contributed by atoms with Gasteiger partial charge in [0.25, 0.3) is 5.91 Å². The lowest BCUT2D eigenvalue weighted by molar-refractivity contribution is -0.130. The summed E-state index contributed by atoms with van der Waals surface area (Å²) in [7, 11) is 1.55. The minimum absolute atomic E-state index is 0.120. The van der Waals surface area contributed by atoms with Gasteiger partial charge in [0.05, 0.1) is 18.2 Å². The monoisotopic (exact) mass is 437 g/mol. The minimum Gasteiger partial charge on any atom is -0.503 e. The Morgan fingerprint density at radius 3 is 2.44 bits per heavy atom. The van der Waals surface area contributed by atoms with Crippen molar-refractivity contribution in [3.05, 3.63) is 76.6 Å². The molecule has 0 aliphatic carbocycles. The Kier molecular flexibility index (Phi) is 7.04. The van der Waals surface area contributed by atoms with E-state index in [4.69, 9.17) is 9.47 Å². The summed E-state index contributed by atoms with van der Waals surface area (Å²) in [6.07, 6.45) is 0. The van der Waals surface area contributed by atoms with Gasteiger partial charge in [0.2, 0.25) is 0 Å². The van der Waals surface area contributed by atoms with E-state index in [9.17, 15) is 14.7 Å². The number of Topliss-reactive ketones (excluding diaryl/α,β-unsaturated/α-hetero) is 1. The standard InChI is InChI=1S/C26H31NO5/c1-17-9-11-18(12-10-17)16-32-20-8-6-7-19(15-20)22-21(24(29)26(2,3)4)23(28)25(30)27(22)13-14-31-5/h6-12,15,22,28H,13-14,16H2,1-5H3. The number of rotatable bonds is 8. The minimum atomic E-state index is -0.751. The Hall–Kier alpha value is -3.12. The number of carbonyl (C=O) groups is 2. The van der Waals surface area contributed by atoms with Crippen LogP contribution in [0.5, 0.6) is 5.75 Å². The van der Waals surface area contributed by atoms with Crippen LogP contribution in [-0.4, -0.2) is 42.0 Å². The molecular weight excluding hydrogens is 406 g/mol. The highest BCUT2D eigenvalue weighted by atomic mass is 16.5. The predicted octanol–water partition coefficient (Wildman–Crippen LogP) is 4.53. The number of aliphatic hydroxyl groups is 1. The number of aryl methyl sites for hydroxylation is 1. The third-order valence-corrected chi connectivity index (χ3v) is 5.47. The van der Waals surface area contributed by atoms with Gasteiger partial charge < -0.3 is 19.5 Å². The molecule has 6 nitrogen and oxygen atoms in total. The number of ketones is 1. The summed E-state index contributed by atoms with van der Waals surface area (Å²) in [6.45, 7) is 8.29. The molecule has 6 heteroatoms. The van der Waals surface area contributed by atoms with Crippen molar-refractivity contribution in [3.8, 4) is 5.75 Å². The molecule has 0 fully saturated rings. The van der Waals surface area contributed by atoms with Gasteiger partial charge >= 0.3 is 0 Å². The second-order valence-electron chi connectivity index (χ2n) is 9.08. The molecule has 1 aliphatic rings. The molecule has 0 saturated carbocycles. The maximum atomic E-state index is 13.2. The lowest BCUT2D eigenvalue weighted by atomic mass is 9.82. The number of methoxy groups -OCH3 is 1. The number of ether oxygens (including phenoxy) is 2. The highest BCUT2D eigenvalue weighted by Crippen LogP contribution is 2.41. The van der Waals surface area contributed by atoms with Gasteiger partial charge in [-0.15, -0.1) is 0 Å². The van der Waals surface area contributed by atoms with Crippen LogP contribution in [0.2, 0.25) is 0 Å². The summed E-state index contributed by atoms with van der Waals surface area (Å²) >= 11 is 0. The van der Waals surface area contributed by atoms with E-state index < -0.39 is 23.1 Å². The highest BCUT2D eigenvalue weighted by Gasteiger charge is 2.45. The summed E-state index contributed by atoms with van der Waals surface area (Å²) in [4.78, 5) is 27.5. The number of hydrogen-bond acceptors (Lipinski definition) is 5. The predicted molar refractivity (Wildman–Crippen MR) is 122 cm³/mol. The number of aliphatic hydroxyl groups excluding tert-OH is 1. The van der Waals surface area contributed by atoms with Crippen molar-refractivity contribution in [1.82, 2.24) is 4.90 Å². The van der Waals surface area contributed by atoms with Gasteiger partial charge in [-0.3, -0.25) is 9.59 Å². The van der Waals surface area contributed by atoms with Crippen molar-refractivity contribution in [2.45, 2.75) is 40.3 Å². The van der Waals surface area contributed by atoms with Crippen LogP contribution >= 0.6 is 0 Å². The van der Waals surface area contributed by atoms with Gasteiger partial charge in [0.15, 0.2) is 11.5 Å². The van der Waals surface area contributed by atoms with Gasteiger partial charge in [-0.05, 0) is 30.2 Å². The molecule has 0 saturated heterocycles. The van der Waals surface area contributed by atoms with Gasteiger partial charge in [0.1, 0.15) is 12.4 Å². The van der Waals surface area contributed by atoms with Crippen LogP contribution in [0, 0.1) is 12.3 Å². The van der Waals surface area contributed by atoms with Gasteiger partial charge in [-0.2, -0.15) is 0 Å². The molecule has 0 aromatic heterocycles. The Morgan fingerprint density at radius 1 is 1.12 bits per heavy atom. The fraction of sp³-hybridized carbons (Fsp3) is 0.385. The maximum absolute atomic E-state index is 13.2. The Labute approximate surface area is 189 Å². The van der Waals surface area contributed by atoms with Crippen molar-refractivity contribution in [2.24, 2.45) is 5.41 Å². The molecule has 2 aromatic rings. The third kappa shape index (κ3) is 5.02. The second-order valence-corrected chi connectivity index (χ2v) is 9.08. The van der Waals surface area contributed by atoms with E-state index in [2.05, 4.69) is 0 Å². The van der Waals surface area contributed by atoms with E-state index >= 15 is 0 Å². The fourth-order valence-corrected chi connectivity index (χ4v) is 3.68. The zero-order chi connectivity index (χ0) is 23.5. The largest absolute Gasteiger partial charge is 0.503 e. The summed E-state index contributed by atoms with van der Waals surface area (Å²) in [5.41, 5.74) is 2.29. The topological polar surface area (TPSA) is 76.1 Å². The lowest BCUT2D eigenvalue weighted by Crippen LogP contribution is -2.35. The molecule has 0 spiro atoms. The first kappa shape index (κ1) is 23.5. The molecule has 1 aliphatic heterocycles. The van der Waals surface area contributed by atoms with Crippen molar-refractivity contribution in [2.75, 3.05) is 20.3 Å². The first-order chi connectivity index (χ1) is 15.1. The van der Waals surface area contributed by atoms with E-state index in [-0.39, 0.29) is 24.5 Å². The molecule has 0 radical (unpaired) electrons. The van der Waals surface area contributed by atoms with Crippen LogP contribution in [0.25, 0.3) is 0 Å². The lowest BCUT2D eigenvalue weighted by Gasteiger charge is -2.29. The zero-order valence-corrected chi connectivity index (χ0v) is 19.3. The average molecular weight is 438 g/mol. The number of hydrogen-bond donors (Lipinski definition) is 1. The molecule has 1 N–H and O–H groups in total. The van der Waals surface area contributed by atoms with E-state index in [0.29, 0.717) is 17.9 Å². The normalized spacial score (nSPS) is 16.6. The van der Waals surface area contributed by atoms with Gasteiger partial charge in [-0.1, -0.05) is 62.7 Å². The summed E-state index contributed by atoms with van der Waals surface area (Å²) in [6, 6.07) is 14.7. The summed E-state index contributed by atoms with van der Waals surface area (Å²) < 4.78 is 11.1. The van der Waals surface area contributed by atoms with Crippen molar-refractivity contribution in [3.63, 3.8) is 0 Å². The van der Waals surface area contributed by atoms with Crippen LogP contribution in [0.3, 0.4) is 0 Å². The molecule has 1 heterocycles. The second kappa shape index (κ2) is 9.57. The Morgan fingerprint density at radius 2 is 1.81 bits per heavy atom. The molecule has 2 aromatic carbocycles. The summed E-state index contributed by atoms with van der Waals surface area (Å²) in [5.74, 6) is -0.696. The van der Waals surface area contributed by atoms with E-state index in [1.54, 1.807) is 27.9 Å². The van der Waals surface area contributed by atoms with Crippen LogP contribution < -0.4 is 4.74 Å². The molecular formula is C26H31NO5. The summed E-state index contributed by atoms with van der Waals surface area (Å²) in [5, 5.41) is 10.6. The first-order valence-electron chi connectivity index (χ1n) is 10.7. The molecule has 32 heavy (non-hydrogen) atoms. The van der Waals surface area contributed by atoms with E-state index in [0.717, 1.165) is 5.56 Å². The average Bonchev–Trinajstić information content (AvgIpc) is 3.01. The molecule has 1 amide bonds. The SMILES string of the molecule is COCCN1C(=O)C(O)=C(C(=O)C(C)(C)C)C1c1cccc(OCc2ccc(C)cc2)c1.